The summed E-state index contributed by atoms with van der Waals surface area (Å²) in [5.41, 5.74) is 12.6. The summed E-state index contributed by atoms with van der Waals surface area (Å²) in [4.78, 5) is 17.7. The Bertz CT molecular complexity index is 782. The second kappa shape index (κ2) is 7.11. The minimum atomic E-state index is -0.595. The Morgan fingerprint density at radius 3 is 2.62 bits per heavy atom. The lowest BCUT2D eigenvalue weighted by atomic mass is 9.89. The maximum atomic E-state index is 12.3. The molecule has 0 radical (unpaired) electrons. The number of esters is 1. The van der Waals surface area contributed by atoms with Gasteiger partial charge in [0.2, 0.25) is 0 Å². The third-order valence-corrected chi connectivity index (χ3v) is 4.22. The Balaban J connectivity index is 2.10. The molecule has 0 saturated carbocycles. The molecule has 0 bridgehead atoms. The molecule has 24 heavy (non-hydrogen) atoms. The van der Waals surface area contributed by atoms with Crippen molar-refractivity contribution in [2.24, 2.45) is 0 Å². The molecule has 122 valence electrons. The highest BCUT2D eigenvalue weighted by Gasteiger charge is 2.41. The van der Waals surface area contributed by atoms with Gasteiger partial charge in [0.15, 0.2) is 6.04 Å². The first kappa shape index (κ1) is 16.0. The Kier molecular flexibility index (Phi) is 4.73. The molecule has 1 aliphatic rings. The van der Waals surface area contributed by atoms with Crippen molar-refractivity contribution in [2.45, 2.75) is 19.4 Å². The van der Waals surface area contributed by atoms with Crippen molar-refractivity contribution >= 4 is 17.4 Å². The topological polar surface area (TPSA) is 65.9 Å². The molecule has 1 atom stereocenters. The van der Waals surface area contributed by atoms with Crippen LogP contribution in [0, 0.1) is 0 Å². The van der Waals surface area contributed by atoms with Gasteiger partial charge in [0, 0.05) is 12.2 Å². The van der Waals surface area contributed by atoms with E-state index in [1.54, 1.807) is 6.92 Å². The van der Waals surface area contributed by atoms with Crippen LogP contribution in [-0.4, -0.2) is 29.6 Å². The quantitative estimate of drug-likeness (QED) is 0.376. The fraction of sp³-hybridized carbons (Fsp3) is 0.263. The predicted molar refractivity (Wildman–Crippen MR) is 91.9 cm³/mol. The van der Waals surface area contributed by atoms with Gasteiger partial charge in [-0.1, -0.05) is 42.5 Å². The number of para-hydroxylation sites is 1. The summed E-state index contributed by atoms with van der Waals surface area (Å²) in [7, 11) is 0. The molecule has 1 aliphatic heterocycles. The molecule has 3 rings (SSSR count). The van der Waals surface area contributed by atoms with E-state index in [9.17, 15) is 10.3 Å². The monoisotopic (exact) mass is 321 g/mol. The number of ether oxygens (including phenoxy) is 1. The Labute approximate surface area is 141 Å². The zero-order chi connectivity index (χ0) is 16.9. The van der Waals surface area contributed by atoms with E-state index in [1.165, 1.54) is 0 Å². The number of hydrogen-bond donors (Lipinski definition) is 0. The van der Waals surface area contributed by atoms with Crippen LogP contribution >= 0.6 is 0 Å². The minimum absolute atomic E-state index is 0.00727. The molecule has 0 fully saturated rings. The molecule has 0 unspecified atom stereocenters. The molecule has 0 saturated heterocycles. The lowest BCUT2D eigenvalue weighted by Crippen LogP contribution is -2.43. The zero-order valence-electron chi connectivity index (χ0n) is 13.6. The van der Waals surface area contributed by atoms with Gasteiger partial charge >= 0.3 is 11.7 Å². The first-order chi connectivity index (χ1) is 11.8. The zero-order valence-corrected chi connectivity index (χ0v) is 13.6. The highest BCUT2D eigenvalue weighted by Crippen LogP contribution is 2.34. The third kappa shape index (κ3) is 2.94. The highest BCUT2D eigenvalue weighted by atomic mass is 16.5. The highest BCUT2D eigenvalue weighted by molar-refractivity contribution is 6.36. The van der Waals surface area contributed by atoms with Gasteiger partial charge in [-0.3, -0.25) is 0 Å². The van der Waals surface area contributed by atoms with E-state index >= 15 is 0 Å². The van der Waals surface area contributed by atoms with Crippen LogP contribution in [0.3, 0.4) is 0 Å². The van der Waals surface area contributed by atoms with Crippen LogP contribution in [0.5, 0.6) is 0 Å². The van der Waals surface area contributed by atoms with Crippen LogP contribution in [0.4, 0.5) is 5.69 Å². The summed E-state index contributed by atoms with van der Waals surface area (Å²) < 4.78 is 5.09. The molecule has 0 spiro atoms. The van der Waals surface area contributed by atoms with Crippen LogP contribution in [0.25, 0.3) is 5.53 Å². The molecule has 5 heteroatoms. The summed E-state index contributed by atoms with van der Waals surface area (Å²) in [6.45, 7) is 2.69. The van der Waals surface area contributed by atoms with Crippen LogP contribution < -0.4 is 4.90 Å². The van der Waals surface area contributed by atoms with E-state index in [1.807, 2.05) is 54.6 Å². The number of carbonyl (C=O) groups excluding carboxylic acids is 1. The van der Waals surface area contributed by atoms with Crippen LogP contribution in [0.15, 0.2) is 54.6 Å². The van der Waals surface area contributed by atoms with Crippen molar-refractivity contribution in [2.75, 3.05) is 18.1 Å². The second-order valence-corrected chi connectivity index (χ2v) is 5.59. The number of fused-ring (bicyclic) bond motifs is 1. The maximum absolute atomic E-state index is 12.3. The molecule has 0 N–H and O–H groups in total. The first-order valence-corrected chi connectivity index (χ1v) is 8.04. The van der Waals surface area contributed by atoms with E-state index < -0.39 is 12.0 Å². The summed E-state index contributed by atoms with van der Waals surface area (Å²) in [6.07, 6.45) is 0.864. The second-order valence-electron chi connectivity index (χ2n) is 5.59. The molecule has 2 aromatic rings. The Morgan fingerprint density at radius 2 is 1.92 bits per heavy atom. The number of benzene rings is 2. The lowest BCUT2D eigenvalue weighted by Gasteiger charge is -2.36. The largest absolute Gasteiger partial charge is 0.457 e. The van der Waals surface area contributed by atoms with Crippen molar-refractivity contribution in [1.29, 1.82) is 0 Å². The number of anilines is 1. The average molecular weight is 321 g/mol. The fourth-order valence-electron chi connectivity index (χ4n) is 3.17. The SMILES string of the molecule is CCOC(=O)C(=[N+]=[N-])[C@H]1c2ccccc2CCN1c1ccccc1. The summed E-state index contributed by atoms with van der Waals surface area (Å²) in [6, 6.07) is 17.3. The fourth-order valence-corrected chi connectivity index (χ4v) is 3.17. The lowest BCUT2D eigenvalue weighted by molar-refractivity contribution is -0.140. The summed E-state index contributed by atoms with van der Waals surface area (Å²) in [5, 5.41) is 0. The molecule has 0 aliphatic carbocycles. The molecule has 2 aromatic carbocycles. The van der Waals surface area contributed by atoms with Crippen molar-refractivity contribution in [3.63, 3.8) is 0 Å². The van der Waals surface area contributed by atoms with E-state index in [0.29, 0.717) is 0 Å². The van der Waals surface area contributed by atoms with Crippen LogP contribution in [-0.2, 0) is 16.0 Å². The van der Waals surface area contributed by atoms with E-state index in [-0.39, 0.29) is 12.3 Å². The van der Waals surface area contributed by atoms with Gasteiger partial charge in [0.1, 0.15) is 0 Å². The molecule has 0 amide bonds. The van der Waals surface area contributed by atoms with Gasteiger partial charge < -0.3 is 15.2 Å². The standard InChI is InChI=1S/C19H19N3O2/c1-2-24-19(23)17(21-20)18-16-11-7-6-8-14(16)12-13-22(18)15-9-4-3-5-10-15/h3-11,18H,2,12-13H2,1H3/t18-/m1/s1. The Morgan fingerprint density at radius 1 is 1.21 bits per heavy atom. The van der Waals surface area contributed by atoms with Gasteiger partial charge in [-0.2, -0.15) is 4.79 Å². The van der Waals surface area contributed by atoms with Crippen LogP contribution in [0.2, 0.25) is 0 Å². The summed E-state index contributed by atoms with van der Waals surface area (Å²) in [5.74, 6) is -0.595. The first-order valence-electron chi connectivity index (χ1n) is 8.04. The number of hydrogen-bond acceptors (Lipinski definition) is 3. The number of carbonyl (C=O) groups is 1. The van der Waals surface area contributed by atoms with Gasteiger partial charge in [0.25, 0.3) is 0 Å². The van der Waals surface area contributed by atoms with Gasteiger partial charge in [-0.15, -0.1) is 0 Å². The van der Waals surface area contributed by atoms with Crippen LogP contribution in [0.1, 0.15) is 24.1 Å². The van der Waals surface area contributed by atoms with Crippen molar-refractivity contribution < 1.29 is 14.3 Å². The van der Waals surface area contributed by atoms with Crippen molar-refractivity contribution in [3.8, 4) is 0 Å². The van der Waals surface area contributed by atoms with Gasteiger partial charge in [-0.05, 0) is 36.6 Å². The molecule has 1 heterocycles. The summed E-state index contributed by atoms with van der Waals surface area (Å²) >= 11 is 0. The number of nitrogens with zero attached hydrogens (tertiary/aromatic N) is 3. The smallest absolute Gasteiger partial charge is 0.419 e. The maximum Gasteiger partial charge on any atom is 0.419 e. The Hall–Kier alpha value is -2.91. The molecule has 0 aromatic heterocycles. The predicted octanol–water partition coefficient (Wildman–Crippen LogP) is 3.02. The number of rotatable bonds is 4. The van der Waals surface area contributed by atoms with Gasteiger partial charge in [-0.25, -0.2) is 4.79 Å². The minimum Gasteiger partial charge on any atom is -0.457 e. The van der Waals surface area contributed by atoms with Crippen molar-refractivity contribution in [3.05, 3.63) is 71.3 Å². The molecular weight excluding hydrogens is 302 g/mol. The molecular formula is C19H19N3O2. The van der Waals surface area contributed by atoms with E-state index in [4.69, 9.17) is 4.74 Å². The normalized spacial score (nSPS) is 16.0. The average Bonchev–Trinajstić information content (AvgIpc) is 2.63. The van der Waals surface area contributed by atoms with E-state index in [2.05, 4.69) is 9.69 Å². The van der Waals surface area contributed by atoms with Gasteiger partial charge in [0.05, 0.1) is 6.61 Å². The third-order valence-electron chi connectivity index (χ3n) is 4.22. The molecule has 5 nitrogen and oxygen atoms in total. The van der Waals surface area contributed by atoms with E-state index in [0.717, 1.165) is 29.8 Å². The van der Waals surface area contributed by atoms with Crippen molar-refractivity contribution in [1.82, 2.24) is 0 Å².